The highest BCUT2D eigenvalue weighted by molar-refractivity contribution is 6.33. The van der Waals surface area contributed by atoms with E-state index in [2.05, 4.69) is 9.64 Å². The molecule has 66 valence electrons. The van der Waals surface area contributed by atoms with Crippen molar-refractivity contribution in [1.29, 1.82) is 0 Å². The molecule has 2 aromatic heterocycles. The lowest BCUT2D eigenvalue weighted by molar-refractivity contribution is 0.288. The van der Waals surface area contributed by atoms with Crippen molar-refractivity contribution in [3.8, 4) is 5.75 Å². The van der Waals surface area contributed by atoms with Crippen LogP contribution in [-0.4, -0.2) is 26.8 Å². The number of fused-ring (bicyclic) bond motifs is 1. The van der Waals surface area contributed by atoms with Crippen molar-refractivity contribution in [3.63, 3.8) is 0 Å². The smallest absolute Gasteiger partial charge is 0.512 e. The van der Waals surface area contributed by atoms with E-state index >= 15 is 0 Å². The zero-order valence-electron chi connectivity index (χ0n) is 6.66. The summed E-state index contributed by atoms with van der Waals surface area (Å²) in [6.45, 7) is 0. The summed E-state index contributed by atoms with van der Waals surface area (Å²) in [6, 6.07) is 3.23. The Morgan fingerprint density at radius 3 is 3.00 bits per heavy atom. The van der Waals surface area contributed by atoms with Crippen molar-refractivity contribution in [2.45, 2.75) is 0 Å². The number of nitrogens with zero attached hydrogens (tertiary/aromatic N) is 2. The SMILES string of the molecule is OB(O)Oc1ccn2ccnc2c1. The maximum Gasteiger partial charge on any atom is 0.707 e. The van der Waals surface area contributed by atoms with Gasteiger partial charge in [-0.05, 0) is 6.07 Å². The Hall–Kier alpha value is -1.53. The van der Waals surface area contributed by atoms with Gasteiger partial charge in [0.05, 0.1) is 0 Å². The van der Waals surface area contributed by atoms with E-state index in [4.69, 9.17) is 10.0 Å². The summed E-state index contributed by atoms with van der Waals surface area (Å²) in [5.41, 5.74) is 0.693. The molecule has 0 aliphatic carbocycles. The van der Waals surface area contributed by atoms with E-state index in [0.717, 1.165) is 0 Å². The molecule has 0 fully saturated rings. The van der Waals surface area contributed by atoms with Crippen LogP contribution in [0.5, 0.6) is 5.75 Å². The van der Waals surface area contributed by atoms with E-state index in [1.54, 1.807) is 35.1 Å². The molecule has 0 spiro atoms. The first kappa shape index (κ1) is 8.09. The largest absolute Gasteiger partial charge is 0.707 e. The number of aromatic nitrogens is 2. The van der Waals surface area contributed by atoms with Crippen molar-refractivity contribution >= 4 is 13.0 Å². The minimum atomic E-state index is -1.79. The molecule has 2 rings (SSSR count). The standard InChI is InChI=1S/C7H7BN2O3/c11-8(12)13-6-1-3-10-4-2-9-7(10)5-6/h1-5,11-12H. The highest BCUT2D eigenvalue weighted by atomic mass is 16.6. The maximum atomic E-state index is 8.53. The van der Waals surface area contributed by atoms with Crippen molar-refractivity contribution in [2.75, 3.05) is 0 Å². The van der Waals surface area contributed by atoms with E-state index in [1.807, 2.05) is 0 Å². The molecular formula is C7H7BN2O3. The van der Waals surface area contributed by atoms with Crippen LogP contribution < -0.4 is 4.65 Å². The molecular weight excluding hydrogens is 171 g/mol. The van der Waals surface area contributed by atoms with E-state index in [9.17, 15) is 0 Å². The molecule has 5 nitrogen and oxygen atoms in total. The number of pyridine rings is 1. The quantitative estimate of drug-likeness (QED) is 0.618. The van der Waals surface area contributed by atoms with Gasteiger partial charge in [0.15, 0.2) is 0 Å². The van der Waals surface area contributed by atoms with Crippen molar-refractivity contribution in [2.24, 2.45) is 0 Å². The summed E-state index contributed by atoms with van der Waals surface area (Å²) in [4.78, 5) is 4.01. The summed E-state index contributed by atoms with van der Waals surface area (Å²) in [6.07, 6.45) is 5.16. The predicted molar refractivity (Wildman–Crippen MR) is 46.0 cm³/mol. The minimum absolute atomic E-state index is 0.369. The molecule has 2 N–H and O–H groups in total. The summed E-state index contributed by atoms with van der Waals surface area (Å²) in [5, 5.41) is 17.1. The van der Waals surface area contributed by atoms with Crippen LogP contribution in [0, 0.1) is 0 Å². The molecule has 0 aliphatic rings. The Morgan fingerprint density at radius 1 is 1.38 bits per heavy atom. The van der Waals surface area contributed by atoms with Gasteiger partial charge in [-0.1, -0.05) is 0 Å². The Kier molecular flexibility index (Phi) is 1.92. The summed E-state index contributed by atoms with van der Waals surface area (Å²) in [5.74, 6) is 0.369. The lowest BCUT2D eigenvalue weighted by Gasteiger charge is -2.03. The average Bonchev–Trinajstić information content (AvgIpc) is 2.49. The lowest BCUT2D eigenvalue weighted by Crippen LogP contribution is -2.20. The van der Waals surface area contributed by atoms with E-state index in [-0.39, 0.29) is 0 Å². The van der Waals surface area contributed by atoms with Crippen LogP contribution in [0.1, 0.15) is 0 Å². The molecule has 0 aliphatic heterocycles. The molecule has 0 saturated heterocycles. The molecule has 0 bridgehead atoms. The van der Waals surface area contributed by atoms with Gasteiger partial charge in [-0.2, -0.15) is 0 Å². The second-order valence-electron chi connectivity index (χ2n) is 2.50. The average molecular weight is 178 g/mol. The Morgan fingerprint density at radius 2 is 2.23 bits per heavy atom. The fourth-order valence-corrected chi connectivity index (χ4v) is 1.09. The van der Waals surface area contributed by atoms with Crippen LogP contribution in [0.2, 0.25) is 0 Å². The Balaban J connectivity index is 2.37. The van der Waals surface area contributed by atoms with Gasteiger partial charge in [0.2, 0.25) is 0 Å². The molecule has 13 heavy (non-hydrogen) atoms. The molecule has 2 aromatic rings. The first-order valence-corrected chi connectivity index (χ1v) is 3.71. The van der Waals surface area contributed by atoms with Gasteiger partial charge >= 0.3 is 7.32 Å². The van der Waals surface area contributed by atoms with E-state index in [1.165, 1.54) is 0 Å². The third kappa shape index (κ3) is 1.63. The number of hydrogen-bond acceptors (Lipinski definition) is 4. The van der Waals surface area contributed by atoms with Crippen LogP contribution in [0.15, 0.2) is 30.7 Å². The zero-order chi connectivity index (χ0) is 9.26. The predicted octanol–water partition coefficient (Wildman–Crippen LogP) is -0.317. The highest BCUT2D eigenvalue weighted by Gasteiger charge is 2.11. The second-order valence-corrected chi connectivity index (χ2v) is 2.50. The fraction of sp³-hybridized carbons (Fsp3) is 0. The first-order chi connectivity index (χ1) is 6.25. The molecule has 0 aromatic carbocycles. The van der Waals surface area contributed by atoms with Gasteiger partial charge < -0.3 is 19.1 Å². The fourth-order valence-electron chi connectivity index (χ4n) is 1.09. The van der Waals surface area contributed by atoms with Gasteiger partial charge in [0, 0.05) is 24.7 Å². The number of rotatable bonds is 2. The van der Waals surface area contributed by atoms with Crippen LogP contribution in [0.4, 0.5) is 0 Å². The summed E-state index contributed by atoms with van der Waals surface area (Å²) in [7, 11) is -1.79. The van der Waals surface area contributed by atoms with Gasteiger partial charge in [0.1, 0.15) is 11.4 Å². The highest BCUT2D eigenvalue weighted by Crippen LogP contribution is 2.12. The van der Waals surface area contributed by atoms with Crippen molar-refractivity contribution in [3.05, 3.63) is 30.7 Å². The zero-order valence-corrected chi connectivity index (χ0v) is 6.66. The molecule has 0 unspecified atom stereocenters. The number of hydrogen-bond donors (Lipinski definition) is 2. The van der Waals surface area contributed by atoms with Crippen LogP contribution in [0.3, 0.4) is 0 Å². The third-order valence-electron chi connectivity index (χ3n) is 1.61. The van der Waals surface area contributed by atoms with Crippen LogP contribution >= 0.6 is 0 Å². The first-order valence-electron chi connectivity index (χ1n) is 3.71. The molecule has 0 radical (unpaired) electrons. The normalized spacial score (nSPS) is 10.3. The van der Waals surface area contributed by atoms with Gasteiger partial charge in [-0.25, -0.2) is 4.98 Å². The van der Waals surface area contributed by atoms with Crippen molar-refractivity contribution < 1.29 is 14.7 Å². The van der Waals surface area contributed by atoms with E-state index < -0.39 is 7.32 Å². The molecule has 6 heteroatoms. The maximum absolute atomic E-state index is 8.53. The van der Waals surface area contributed by atoms with Gasteiger partial charge in [-0.15, -0.1) is 0 Å². The van der Waals surface area contributed by atoms with Crippen molar-refractivity contribution in [1.82, 2.24) is 9.38 Å². The third-order valence-corrected chi connectivity index (χ3v) is 1.61. The topological polar surface area (TPSA) is 67.0 Å². The molecule has 0 amide bonds. The molecule has 2 heterocycles. The van der Waals surface area contributed by atoms with Gasteiger partial charge in [-0.3, -0.25) is 0 Å². The summed E-state index contributed by atoms with van der Waals surface area (Å²) >= 11 is 0. The second kappa shape index (κ2) is 3.08. The minimum Gasteiger partial charge on any atom is -0.512 e. The molecule has 0 atom stereocenters. The Bertz CT molecular complexity index is 415. The van der Waals surface area contributed by atoms with Crippen LogP contribution in [-0.2, 0) is 0 Å². The Labute approximate surface area is 74.4 Å². The van der Waals surface area contributed by atoms with Crippen LogP contribution in [0.25, 0.3) is 5.65 Å². The summed E-state index contributed by atoms with van der Waals surface area (Å²) < 4.78 is 6.44. The lowest BCUT2D eigenvalue weighted by atomic mass is 10.2. The molecule has 0 saturated carbocycles. The van der Waals surface area contributed by atoms with Gasteiger partial charge in [0.25, 0.3) is 0 Å². The monoisotopic (exact) mass is 178 g/mol. The number of imidazole rings is 1. The van der Waals surface area contributed by atoms with E-state index in [0.29, 0.717) is 11.4 Å².